The molecule has 0 heterocycles. The second-order valence-electron chi connectivity index (χ2n) is 3.49. The molecule has 1 aromatic rings. The molecule has 0 radical (unpaired) electrons. The van der Waals surface area contributed by atoms with Crippen LogP contribution in [0.5, 0.6) is 5.75 Å². The van der Waals surface area contributed by atoms with E-state index in [0.717, 1.165) is 6.42 Å². The average Bonchev–Trinajstić information content (AvgIpc) is 2.29. The Morgan fingerprint density at radius 3 is 2.81 bits per heavy atom. The van der Waals surface area contributed by atoms with Crippen LogP contribution in [0.15, 0.2) is 18.2 Å². The maximum atomic E-state index is 13.7. The number of carbonyl (C=O) groups excluding carboxylic acids is 1. The van der Waals surface area contributed by atoms with E-state index in [-0.39, 0.29) is 17.1 Å². The third-order valence-electron chi connectivity index (χ3n) is 2.34. The van der Waals surface area contributed by atoms with Crippen molar-refractivity contribution in [2.75, 3.05) is 13.7 Å². The number of ketones is 1. The molecule has 0 aliphatic rings. The lowest BCUT2D eigenvalue weighted by Crippen LogP contribution is -2.05. The number of Topliss-reactive ketones (excluding diaryl/α,β-unsaturated/α-hetero) is 1. The number of ether oxygens (including phenoxy) is 1. The number of nitrogens with two attached hydrogens (primary N) is 1. The van der Waals surface area contributed by atoms with Crippen molar-refractivity contribution in [3.8, 4) is 5.75 Å². The van der Waals surface area contributed by atoms with Crippen molar-refractivity contribution in [1.82, 2.24) is 0 Å². The monoisotopic (exact) mass is 225 g/mol. The van der Waals surface area contributed by atoms with Gasteiger partial charge in [-0.1, -0.05) is 6.07 Å². The van der Waals surface area contributed by atoms with Gasteiger partial charge in [0.2, 0.25) is 0 Å². The van der Waals surface area contributed by atoms with Crippen molar-refractivity contribution in [2.45, 2.75) is 19.3 Å². The predicted molar refractivity (Wildman–Crippen MR) is 60.2 cm³/mol. The van der Waals surface area contributed by atoms with Gasteiger partial charge in [-0.05, 0) is 31.5 Å². The van der Waals surface area contributed by atoms with Gasteiger partial charge in [-0.3, -0.25) is 4.79 Å². The lowest BCUT2D eigenvalue weighted by atomic mass is 10.0. The first kappa shape index (κ1) is 12.6. The summed E-state index contributed by atoms with van der Waals surface area (Å²) in [4.78, 5) is 11.7. The standard InChI is InChI=1S/C12H16FNO2/c1-16-11-7-4-5-9(12(11)13)10(15)6-2-3-8-14/h4-5,7H,2-3,6,8,14H2,1H3. The topological polar surface area (TPSA) is 52.3 Å². The molecule has 16 heavy (non-hydrogen) atoms. The molecular formula is C12H16FNO2. The SMILES string of the molecule is COc1cccc(C(=O)CCCCN)c1F. The molecule has 0 atom stereocenters. The second-order valence-corrected chi connectivity index (χ2v) is 3.49. The molecule has 0 saturated carbocycles. The Morgan fingerprint density at radius 2 is 2.19 bits per heavy atom. The van der Waals surface area contributed by atoms with Gasteiger partial charge in [0.1, 0.15) is 0 Å². The zero-order valence-electron chi connectivity index (χ0n) is 9.33. The van der Waals surface area contributed by atoms with Gasteiger partial charge < -0.3 is 10.5 Å². The van der Waals surface area contributed by atoms with E-state index in [0.29, 0.717) is 19.4 Å². The number of rotatable bonds is 6. The van der Waals surface area contributed by atoms with Crippen LogP contribution in [-0.4, -0.2) is 19.4 Å². The highest BCUT2D eigenvalue weighted by molar-refractivity contribution is 5.96. The maximum absolute atomic E-state index is 13.7. The van der Waals surface area contributed by atoms with E-state index in [9.17, 15) is 9.18 Å². The summed E-state index contributed by atoms with van der Waals surface area (Å²) in [6, 6.07) is 4.58. The summed E-state index contributed by atoms with van der Waals surface area (Å²) in [6.07, 6.45) is 1.78. The van der Waals surface area contributed by atoms with Crippen molar-refractivity contribution in [1.29, 1.82) is 0 Å². The molecule has 0 unspecified atom stereocenters. The van der Waals surface area contributed by atoms with Crippen LogP contribution in [0.2, 0.25) is 0 Å². The molecule has 1 aromatic carbocycles. The molecule has 0 spiro atoms. The van der Waals surface area contributed by atoms with E-state index < -0.39 is 5.82 Å². The average molecular weight is 225 g/mol. The van der Waals surface area contributed by atoms with Crippen molar-refractivity contribution in [3.63, 3.8) is 0 Å². The Balaban J connectivity index is 2.75. The van der Waals surface area contributed by atoms with E-state index in [4.69, 9.17) is 10.5 Å². The van der Waals surface area contributed by atoms with E-state index in [1.165, 1.54) is 19.2 Å². The van der Waals surface area contributed by atoms with E-state index in [1.807, 2.05) is 0 Å². The van der Waals surface area contributed by atoms with Gasteiger partial charge in [-0.15, -0.1) is 0 Å². The molecular weight excluding hydrogens is 209 g/mol. The van der Waals surface area contributed by atoms with Crippen LogP contribution in [0, 0.1) is 5.82 Å². The first-order valence-corrected chi connectivity index (χ1v) is 5.26. The fourth-order valence-electron chi connectivity index (χ4n) is 1.45. The third-order valence-corrected chi connectivity index (χ3v) is 2.34. The Hall–Kier alpha value is -1.42. The van der Waals surface area contributed by atoms with Crippen molar-refractivity contribution in [3.05, 3.63) is 29.6 Å². The summed E-state index contributed by atoms with van der Waals surface area (Å²) < 4.78 is 18.5. The summed E-state index contributed by atoms with van der Waals surface area (Å²) in [5, 5.41) is 0. The largest absolute Gasteiger partial charge is 0.494 e. The van der Waals surface area contributed by atoms with Crippen molar-refractivity contribution >= 4 is 5.78 Å². The van der Waals surface area contributed by atoms with Crippen LogP contribution < -0.4 is 10.5 Å². The molecule has 4 heteroatoms. The first-order valence-electron chi connectivity index (χ1n) is 5.26. The predicted octanol–water partition coefficient (Wildman–Crippen LogP) is 2.15. The molecule has 88 valence electrons. The van der Waals surface area contributed by atoms with Gasteiger partial charge in [0.05, 0.1) is 12.7 Å². The molecule has 3 nitrogen and oxygen atoms in total. The summed E-state index contributed by atoms with van der Waals surface area (Å²) in [5.41, 5.74) is 5.42. The van der Waals surface area contributed by atoms with E-state index >= 15 is 0 Å². The zero-order valence-corrected chi connectivity index (χ0v) is 9.33. The number of hydrogen-bond donors (Lipinski definition) is 1. The normalized spacial score (nSPS) is 10.2. The fourth-order valence-corrected chi connectivity index (χ4v) is 1.45. The quantitative estimate of drug-likeness (QED) is 0.596. The maximum Gasteiger partial charge on any atom is 0.175 e. The summed E-state index contributed by atoms with van der Waals surface area (Å²) in [5.74, 6) is -0.683. The van der Waals surface area contributed by atoms with Crippen LogP contribution in [0.3, 0.4) is 0 Å². The molecule has 0 aliphatic carbocycles. The minimum Gasteiger partial charge on any atom is -0.494 e. The summed E-state index contributed by atoms with van der Waals surface area (Å²) in [7, 11) is 1.38. The lowest BCUT2D eigenvalue weighted by Gasteiger charge is -2.06. The Morgan fingerprint density at radius 1 is 1.44 bits per heavy atom. The van der Waals surface area contributed by atoms with Gasteiger partial charge in [0.15, 0.2) is 17.3 Å². The molecule has 0 aromatic heterocycles. The van der Waals surface area contributed by atoms with Crippen molar-refractivity contribution in [2.24, 2.45) is 5.73 Å². The van der Waals surface area contributed by atoms with Gasteiger partial charge in [0, 0.05) is 6.42 Å². The number of carbonyl (C=O) groups is 1. The Labute approximate surface area is 94.4 Å². The van der Waals surface area contributed by atoms with Gasteiger partial charge in [-0.2, -0.15) is 0 Å². The molecule has 2 N–H and O–H groups in total. The van der Waals surface area contributed by atoms with E-state index in [1.54, 1.807) is 6.07 Å². The highest BCUT2D eigenvalue weighted by atomic mass is 19.1. The number of hydrogen-bond acceptors (Lipinski definition) is 3. The van der Waals surface area contributed by atoms with Crippen LogP contribution in [0.1, 0.15) is 29.6 Å². The lowest BCUT2D eigenvalue weighted by molar-refractivity contribution is 0.0975. The number of unbranched alkanes of at least 4 members (excludes halogenated alkanes) is 1. The molecule has 0 saturated heterocycles. The Kier molecular flexibility index (Phi) is 4.92. The van der Waals surface area contributed by atoms with Gasteiger partial charge in [0.25, 0.3) is 0 Å². The van der Waals surface area contributed by atoms with Gasteiger partial charge in [-0.25, -0.2) is 4.39 Å². The highest BCUT2D eigenvalue weighted by Crippen LogP contribution is 2.21. The first-order chi connectivity index (χ1) is 7.70. The fraction of sp³-hybridized carbons (Fsp3) is 0.417. The molecule has 0 amide bonds. The smallest absolute Gasteiger partial charge is 0.175 e. The zero-order chi connectivity index (χ0) is 12.0. The summed E-state index contributed by atoms with van der Waals surface area (Å²) in [6.45, 7) is 0.549. The summed E-state index contributed by atoms with van der Waals surface area (Å²) >= 11 is 0. The van der Waals surface area contributed by atoms with Gasteiger partial charge >= 0.3 is 0 Å². The second kappa shape index (κ2) is 6.23. The highest BCUT2D eigenvalue weighted by Gasteiger charge is 2.14. The van der Waals surface area contributed by atoms with Crippen LogP contribution >= 0.6 is 0 Å². The minimum atomic E-state index is -0.581. The van der Waals surface area contributed by atoms with Crippen molar-refractivity contribution < 1.29 is 13.9 Å². The third kappa shape index (κ3) is 3.03. The molecule has 0 aliphatic heterocycles. The van der Waals surface area contributed by atoms with Crippen LogP contribution in [0.4, 0.5) is 4.39 Å². The molecule has 0 bridgehead atoms. The van der Waals surface area contributed by atoms with E-state index in [2.05, 4.69) is 0 Å². The van der Waals surface area contributed by atoms with Crippen LogP contribution in [0.25, 0.3) is 0 Å². The van der Waals surface area contributed by atoms with Crippen LogP contribution in [-0.2, 0) is 0 Å². The number of methoxy groups -OCH3 is 1. The Bertz CT molecular complexity index is 366. The molecule has 1 rings (SSSR count). The molecule has 0 fully saturated rings. The minimum absolute atomic E-state index is 0.0939. The number of benzene rings is 1. The number of halogens is 1.